The van der Waals surface area contributed by atoms with Crippen LogP contribution in [0.5, 0.6) is 0 Å². The fourth-order valence-corrected chi connectivity index (χ4v) is 3.40. The second kappa shape index (κ2) is 5.80. The molecular weight excluding hydrogens is 240 g/mol. The van der Waals surface area contributed by atoms with E-state index in [9.17, 15) is 4.79 Å². The Morgan fingerprint density at radius 1 is 1.21 bits per heavy atom. The van der Waals surface area contributed by atoms with Crippen LogP contribution in [-0.4, -0.2) is 28.3 Å². The van der Waals surface area contributed by atoms with E-state index in [2.05, 4.69) is 40.0 Å². The summed E-state index contributed by atoms with van der Waals surface area (Å²) in [6, 6.07) is 0. The topological polar surface area (TPSA) is 38.3 Å². The van der Waals surface area contributed by atoms with Crippen LogP contribution in [0.3, 0.4) is 0 Å². The number of unbranched alkanes of at least 4 members (excludes halogenated alkanes) is 1. The molecule has 0 aromatic rings. The molecule has 0 unspecified atom stereocenters. The van der Waals surface area contributed by atoms with Crippen molar-refractivity contribution in [3.63, 3.8) is 0 Å². The normalized spacial score (nSPS) is 23.9. The highest BCUT2D eigenvalue weighted by Crippen LogP contribution is 2.44. The third kappa shape index (κ3) is 3.11. The molecule has 1 fully saturated rings. The van der Waals surface area contributed by atoms with Crippen LogP contribution < -0.4 is 5.43 Å². The first kappa shape index (κ1) is 16.4. The van der Waals surface area contributed by atoms with Crippen LogP contribution in [0.15, 0.2) is 0 Å². The summed E-state index contributed by atoms with van der Waals surface area (Å²) < 4.78 is 0.245. The molecule has 0 spiro atoms. The van der Waals surface area contributed by atoms with Crippen LogP contribution in [-0.2, 0) is 9.63 Å². The third-order valence-electron chi connectivity index (χ3n) is 4.41. The highest BCUT2D eigenvalue weighted by Gasteiger charge is 2.61. The minimum absolute atomic E-state index is 0.110. The molecule has 0 radical (unpaired) electrons. The van der Waals surface area contributed by atoms with Crippen molar-refractivity contribution in [2.45, 2.75) is 84.7 Å². The molecule has 0 amide bonds. The van der Waals surface area contributed by atoms with Gasteiger partial charge in [-0.2, -0.15) is 0 Å². The molecule has 0 aliphatic carbocycles. The maximum absolute atomic E-state index is 11.6. The largest absolute Gasteiger partial charge is 0.366 e. The van der Waals surface area contributed by atoms with Crippen molar-refractivity contribution in [3.8, 4) is 0 Å². The minimum atomic E-state index is -0.216. The van der Waals surface area contributed by atoms with Gasteiger partial charge in [0.15, 0.2) is 11.1 Å². The second-order valence-electron chi connectivity index (χ2n) is 6.93. The lowest BCUT2D eigenvalue weighted by Crippen LogP contribution is -2.78. The molecule has 1 rings (SSSR count). The monoisotopic (exact) mass is 271 g/mol. The molecule has 1 saturated heterocycles. The highest BCUT2D eigenvalue weighted by molar-refractivity contribution is 5.65. The smallest absolute Gasteiger partial charge is 0.255 e. The Labute approximate surface area is 118 Å². The van der Waals surface area contributed by atoms with E-state index in [1.54, 1.807) is 0 Å². The Balaban J connectivity index is 3.10. The molecule has 4 heteroatoms. The maximum atomic E-state index is 11.6. The van der Waals surface area contributed by atoms with Gasteiger partial charge in [-0.15, -0.1) is 5.43 Å². The Bertz CT molecular complexity index is 308. The number of nitrogens with zero attached hydrogens (tertiary/aromatic N) is 1. The third-order valence-corrected chi connectivity index (χ3v) is 4.41. The van der Waals surface area contributed by atoms with E-state index in [1.165, 1.54) is 13.3 Å². The lowest BCUT2D eigenvalue weighted by Gasteiger charge is -2.56. The van der Waals surface area contributed by atoms with Crippen LogP contribution in [0.25, 0.3) is 0 Å². The van der Waals surface area contributed by atoms with Gasteiger partial charge in [-0.3, -0.25) is 4.84 Å². The lowest BCUT2D eigenvalue weighted by atomic mass is 9.80. The number of piperidine rings is 1. The minimum Gasteiger partial charge on any atom is -0.255 e. The van der Waals surface area contributed by atoms with Crippen LogP contribution in [0.1, 0.15) is 73.6 Å². The fraction of sp³-hybridized carbons (Fsp3) is 0.933. The number of hydrogen-bond acceptors (Lipinski definition) is 3. The van der Waals surface area contributed by atoms with E-state index < -0.39 is 0 Å². The zero-order chi connectivity index (χ0) is 14.7. The van der Waals surface area contributed by atoms with Gasteiger partial charge in [-0.25, -0.2) is 4.79 Å². The molecule has 0 aromatic carbocycles. The van der Waals surface area contributed by atoms with Crippen molar-refractivity contribution in [2.75, 3.05) is 6.54 Å². The lowest BCUT2D eigenvalue weighted by molar-refractivity contribution is -1.19. The van der Waals surface area contributed by atoms with Crippen molar-refractivity contribution < 1.29 is 14.4 Å². The molecule has 0 aromatic heterocycles. The summed E-state index contributed by atoms with van der Waals surface area (Å²) in [6.45, 7) is 13.3. The predicted molar refractivity (Wildman–Crippen MR) is 76.9 cm³/mol. The van der Waals surface area contributed by atoms with Crippen molar-refractivity contribution in [2.24, 2.45) is 0 Å². The average molecular weight is 271 g/mol. The van der Waals surface area contributed by atoms with Gasteiger partial charge in [-0.1, -0.05) is 18.1 Å². The highest BCUT2D eigenvalue weighted by atomic mass is 16.8. The average Bonchev–Trinajstić information content (AvgIpc) is 2.24. The number of quaternary nitrogens is 1. The van der Waals surface area contributed by atoms with Crippen molar-refractivity contribution in [3.05, 3.63) is 0 Å². The summed E-state index contributed by atoms with van der Waals surface area (Å²) >= 11 is 0. The van der Waals surface area contributed by atoms with Crippen LogP contribution in [0.4, 0.5) is 0 Å². The number of hydroxylamine groups is 2. The van der Waals surface area contributed by atoms with Crippen LogP contribution in [0.2, 0.25) is 0 Å². The first-order valence-corrected chi connectivity index (χ1v) is 7.53. The van der Waals surface area contributed by atoms with E-state index >= 15 is 0 Å². The Morgan fingerprint density at radius 2 is 1.74 bits per heavy atom. The van der Waals surface area contributed by atoms with Gasteiger partial charge in [-0.05, 0) is 40.5 Å². The van der Waals surface area contributed by atoms with Gasteiger partial charge in [0, 0.05) is 26.3 Å². The van der Waals surface area contributed by atoms with Gasteiger partial charge < -0.3 is 0 Å². The van der Waals surface area contributed by atoms with Crippen molar-refractivity contribution in [1.29, 1.82) is 0 Å². The van der Waals surface area contributed by atoms with E-state index in [0.29, 0.717) is 0 Å². The number of hydrogen-bond donors (Lipinski definition) is 1. The van der Waals surface area contributed by atoms with Crippen molar-refractivity contribution >= 4 is 5.97 Å². The zero-order valence-electron chi connectivity index (χ0n) is 13.5. The van der Waals surface area contributed by atoms with E-state index in [4.69, 9.17) is 4.84 Å². The number of carbonyl (C=O) groups excluding carboxylic acids is 1. The van der Waals surface area contributed by atoms with Crippen molar-refractivity contribution in [1.82, 2.24) is 5.43 Å². The molecule has 19 heavy (non-hydrogen) atoms. The summed E-state index contributed by atoms with van der Waals surface area (Å²) in [4.78, 5) is 17.5. The first-order valence-electron chi connectivity index (χ1n) is 7.53. The molecular formula is C15H31N2O2+. The van der Waals surface area contributed by atoms with E-state index in [1.807, 2.05) is 0 Å². The Hall–Kier alpha value is -0.610. The van der Waals surface area contributed by atoms with E-state index in [-0.39, 0.29) is 21.8 Å². The number of nitrogens with one attached hydrogen (secondary N) is 1. The quantitative estimate of drug-likeness (QED) is 0.616. The first-order chi connectivity index (χ1) is 8.68. The molecule has 0 atom stereocenters. The van der Waals surface area contributed by atoms with Gasteiger partial charge >= 0.3 is 5.97 Å². The van der Waals surface area contributed by atoms with Gasteiger partial charge in [0.25, 0.3) is 0 Å². The molecule has 1 aliphatic rings. The molecule has 0 saturated carbocycles. The van der Waals surface area contributed by atoms with Gasteiger partial charge in [0.05, 0.1) is 0 Å². The molecule has 1 aliphatic heterocycles. The summed E-state index contributed by atoms with van der Waals surface area (Å²) in [5, 5.41) is 0. The van der Waals surface area contributed by atoms with Crippen LogP contribution in [0, 0.1) is 0 Å². The fourth-order valence-electron chi connectivity index (χ4n) is 3.40. The number of carbonyl (C=O) groups is 1. The zero-order valence-corrected chi connectivity index (χ0v) is 13.5. The molecule has 4 nitrogen and oxygen atoms in total. The summed E-state index contributed by atoms with van der Waals surface area (Å²) in [6.07, 6.45) is 5.52. The SMILES string of the molecule is CCCCN[N+]1(OC(C)=O)C(C)(C)CCCC1(C)C. The Kier molecular flexibility index (Phi) is 5.02. The molecule has 0 bridgehead atoms. The standard InChI is InChI=1S/C15H31N2O2/c1-7-8-12-16-17(19-13(2)18)14(3,4)10-9-11-15(17,5)6/h16H,7-12H2,1-6H3/q+1. The summed E-state index contributed by atoms with van der Waals surface area (Å²) in [5.74, 6) is -0.216. The Morgan fingerprint density at radius 3 is 2.16 bits per heavy atom. The van der Waals surface area contributed by atoms with Gasteiger partial charge in [0.2, 0.25) is 0 Å². The second-order valence-corrected chi connectivity index (χ2v) is 6.93. The van der Waals surface area contributed by atoms with Crippen LogP contribution >= 0.6 is 0 Å². The molecule has 1 heterocycles. The summed E-state index contributed by atoms with van der Waals surface area (Å²) in [5.41, 5.74) is 3.32. The van der Waals surface area contributed by atoms with E-state index in [0.717, 1.165) is 32.2 Å². The number of rotatable bonds is 5. The molecule has 1 N–H and O–H groups in total. The van der Waals surface area contributed by atoms with Gasteiger partial charge in [0.1, 0.15) is 0 Å². The molecule has 112 valence electrons. The maximum Gasteiger partial charge on any atom is 0.366 e. The predicted octanol–water partition coefficient (Wildman–Crippen LogP) is 3.33. The summed E-state index contributed by atoms with van der Waals surface area (Å²) in [7, 11) is 0.